The van der Waals surface area contributed by atoms with Gasteiger partial charge in [0.25, 0.3) is 5.91 Å². The highest BCUT2D eigenvalue weighted by atomic mass is 79.9. The number of benzene rings is 1. The van der Waals surface area contributed by atoms with Crippen LogP contribution in [0.2, 0.25) is 0 Å². The molecule has 0 saturated carbocycles. The summed E-state index contributed by atoms with van der Waals surface area (Å²) in [5, 5.41) is 4.55. The van der Waals surface area contributed by atoms with Crippen LogP contribution in [-0.2, 0) is 4.79 Å². The van der Waals surface area contributed by atoms with Crippen LogP contribution in [0.4, 0.5) is 4.79 Å². The van der Waals surface area contributed by atoms with Gasteiger partial charge in [-0.1, -0.05) is 6.07 Å². The van der Waals surface area contributed by atoms with Gasteiger partial charge in [-0.3, -0.25) is 10.1 Å². The Kier molecular flexibility index (Phi) is 3.14. The van der Waals surface area contributed by atoms with Gasteiger partial charge in [-0.05, 0) is 39.7 Å². The number of methoxy groups -OCH3 is 1. The van der Waals surface area contributed by atoms with E-state index < -0.39 is 11.9 Å². The van der Waals surface area contributed by atoms with Gasteiger partial charge < -0.3 is 10.1 Å². The fourth-order valence-corrected chi connectivity index (χ4v) is 1.98. The van der Waals surface area contributed by atoms with Gasteiger partial charge in [0, 0.05) is 0 Å². The van der Waals surface area contributed by atoms with Crippen LogP contribution in [0.15, 0.2) is 28.4 Å². The maximum Gasteiger partial charge on any atom is 0.326 e. The van der Waals surface area contributed by atoms with E-state index in [2.05, 4.69) is 26.6 Å². The second-order valence-corrected chi connectivity index (χ2v) is 4.21. The van der Waals surface area contributed by atoms with Gasteiger partial charge >= 0.3 is 6.03 Å². The van der Waals surface area contributed by atoms with E-state index in [1.165, 1.54) is 0 Å². The minimum absolute atomic E-state index is 0.229. The number of carbonyl (C=O) groups is 2. The molecule has 1 saturated heterocycles. The van der Waals surface area contributed by atoms with Crippen molar-refractivity contribution in [3.63, 3.8) is 0 Å². The third kappa shape index (κ3) is 2.47. The number of carbonyl (C=O) groups excluding carboxylic acids is 2. The Hall–Kier alpha value is -1.82. The first-order valence-electron chi connectivity index (χ1n) is 4.77. The molecule has 0 bridgehead atoms. The van der Waals surface area contributed by atoms with Crippen molar-refractivity contribution in [2.75, 3.05) is 7.11 Å². The molecule has 0 atom stereocenters. The van der Waals surface area contributed by atoms with E-state index >= 15 is 0 Å². The molecule has 0 aromatic heterocycles. The number of hydrogen-bond acceptors (Lipinski definition) is 3. The summed E-state index contributed by atoms with van der Waals surface area (Å²) in [6.07, 6.45) is 1.59. The highest BCUT2D eigenvalue weighted by molar-refractivity contribution is 9.10. The molecule has 2 rings (SSSR count). The molecule has 0 aliphatic carbocycles. The van der Waals surface area contributed by atoms with Crippen LogP contribution in [0.5, 0.6) is 5.75 Å². The third-order valence-corrected chi connectivity index (χ3v) is 2.83. The van der Waals surface area contributed by atoms with E-state index in [9.17, 15) is 9.59 Å². The molecule has 3 amide bonds. The molecule has 1 aromatic rings. The smallest absolute Gasteiger partial charge is 0.326 e. The summed E-state index contributed by atoms with van der Waals surface area (Å²) in [5.74, 6) is 0.272. The van der Waals surface area contributed by atoms with Gasteiger partial charge in [-0.2, -0.15) is 0 Å². The predicted molar refractivity (Wildman–Crippen MR) is 65.3 cm³/mol. The minimum Gasteiger partial charge on any atom is -0.496 e. The topological polar surface area (TPSA) is 67.4 Å². The Morgan fingerprint density at radius 3 is 2.59 bits per heavy atom. The number of nitrogens with one attached hydrogen (secondary N) is 2. The van der Waals surface area contributed by atoms with E-state index in [0.717, 1.165) is 10.0 Å². The number of amides is 3. The number of halogens is 1. The van der Waals surface area contributed by atoms with Gasteiger partial charge in [-0.15, -0.1) is 0 Å². The molecule has 1 fully saturated rings. The quantitative estimate of drug-likeness (QED) is 0.644. The minimum atomic E-state index is -0.506. The second-order valence-electron chi connectivity index (χ2n) is 3.36. The lowest BCUT2D eigenvalue weighted by molar-refractivity contribution is -0.115. The van der Waals surface area contributed by atoms with E-state index in [4.69, 9.17) is 4.74 Å². The van der Waals surface area contributed by atoms with Gasteiger partial charge in [0.1, 0.15) is 11.4 Å². The molecule has 2 N–H and O–H groups in total. The Labute approximate surface area is 106 Å². The lowest BCUT2D eigenvalue weighted by atomic mass is 10.2. The maximum atomic E-state index is 11.3. The van der Waals surface area contributed by atoms with Gasteiger partial charge in [-0.25, -0.2) is 4.79 Å². The van der Waals surface area contributed by atoms with Crippen LogP contribution in [0.25, 0.3) is 6.08 Å². The Balaban J connectivity index is 2.30. The zero-order chi connectivity index (χ0) is 12.4. The number of hydrogen-bond donors (Lipinski definition) is 2. The number of rotatable bonds is 2. The Bertz CT molecular complexity index is 525. The van der Waals surface area contributed by atoms with Gasteiger partial charge in [0.2, 0.25) is 0 Å². The number of ether oxygens (including phenoxy) is 1. The van der Waals surface area contributed by atoms with Crippen LogP contribution < -0.4 is 15.4 Å². The van der Waals surface area contributed by atoms with Crippen molar-refractivity contribution in [2.45, 2.75) is 0 Å². The molecule has 5 nitrogen and oxygen atoms in total. The first kappa shape index (κ1) is 11.7. The first-order chi connectivity index (χ1) is 8.10. The summed E-state index contributed by atoms with van der Waals surface area (Å²) in [4.78, 5) is 22.2. The van der Waals surface area contributed by atoms with Crippen LogP contribution in [0.3, 0.4) is 0 Å². The summed E-state index contributed by atoms with van der Waals surface area (Å²) in [6.45, 7) is 0. The van der Waals surface area contributed by atoms with Crippen molar-refractivity contribution >= 4 is 33.9 Å². The van der Waals surface area contributed by atoms with Crippen molar-refractivity contribution in [3.05, 3.63) is 33.9 Å². The molecule has 1 heterocycles. The highest BCUT2D eigenvalue weighted by Crippen LogP contribution is 2.26. The van der Waals surface area contributed by atoms with Crippen molar-refractivity contribution in [3.8, 4) is 5.75 Å². The van der Waals surface area contributed by atoms with E-state index in [-0.39, 0.29) is 5.70 Å². The monoisotopic (exact) mass is 296 g/mol. The summed E-state index contributed by atoms with van der Waals surface area (Å²) in [5.41, 5.74) is 1.01. The normalized spacial score (nSPS) is 16.9. The summed E-state index contributed by atoms with van der Waals surface area (Å²) >= 11 is 3.34. The average Bonchev–Trinajstić information content (AvgIpc) is 2.58. The largest absolute Gasteiger partial charge is 0.496 e. The summed E-state index contributed by atoms with van der Waals surface area (Å²) < 4.78 is 5.87. The zero-order valence-electron chi connectivity index (χ0n) is 8.91. The maximum absolute atomic E-state index is 11.3. The molecule has 17 heavy (non-hydrogen) atoms. The second kappa shape index (κ2) is 4.58. The van der Waals surface area contributed by atoms with Crippen LogP contribution in [-0.4, -0.2) is 19.0 Å². The van der Waals surface area contributed by atoms with Crippen molar-refractivity contribution in [1.29, 1.82) is 0 Å². The fraction of sp³-hybridized carbons (Fsp3) is 0.0909. The Morgan fingerprint density at radius 1 is 1.29 bits per heavy atom. The molecule has 1 aliphatic rings. The van der Waals surface area contributed by atoms with Gasteiger partial charge in [0.05, 0.1) is 11.6 Å². The number of imide groups is 1. The zero-order valence-corrected chi connectivity index (χ0v) is 10.5. The molecule has 1 aromatic carbocycles. The predicted octanol–water partition coefficient (Wildman–Crippen LogP) is 1.64. The van der Waals surface area contributed by atoms with Crippen molar-refractivity contribution in [2.24, 2.45) is 0 Å². The Morgan fingerprint density at radius 2 is 2.06 bits per heavy atom. The van der Waals surface area contributed by atoms with Crippen LogP contribution in [0.1, 0.15) is 5.56 Å². The number of urea groups is 1. The molecular formula is C11H9BrN2O3. The van der Waals surface area contributed by atoms with Crippen molar-refractivity contribution in [1.82, 2.24) is 10.6 Å². The molecule has 6 heteroatoms. The standard InChI is InChI=1S/C11H9BrN2O3/c1-17-9-3-2-6(4-7(9)12)5-8-10(15)14-11(16)13-8/h2-5H,1H3,(H2,13,14,15,16). The van der Waals surface area contributed by atoms with E-state index in [1.54, 1.807) is 31.4 Å². The molecule has 1 aliphatic heterocycles. The highest BCUT2D eigenvalue weighted by Gasteiger charge is 2.22. The lowest BCUT2D eigenvalue weighted by Crippen LogP contribution is -2.22. The lowest BCUT2D eigenvalue weighted by Gasteiger charge is -2.03. The summed E-state index contributed by atoms with van der Waals surface area (Å²) in [6, 6.07) is 4.84. The van der Waals surface area contributed by atoms with Crippen LogP contribution >= 0.6 is 15.9 Å². The molecule has 0 radical (unpaired) electrons. The fourth-order valence-electron chi connectivity index (χ4n) is 1.42. The molecule has 0 unspecified atom stereocenters. The van der Waals surface area contributed by atoms with Crippen LogP contribution in [0, 0.1) is 0 Å². The third-order valence-electron chi connectivity index (χ3n) is 2.21. The summed E-state index contributed by atoms with van der Waals surface area (Å²) in [7, 11) is 1.57. The molecule has 0 spiro atoms. The first-order valence-corrected chi connectivity index (χ1v) is 5.57. The van der Waals surface area contributed by atoms with Crippen molar-refractivity contribution < 1.29 is 14.3 Å². The SMILES string of the molecule is COc1ccc(C=C2NC(=O)NC2=O)cc1Br. The van der Waals surface area contributed by atoms with E-state index in [1.807, 2.05) is 0 Å². The molecular weight excluding hydrogens is 288 g/mol. The molecule has 88 valence electrons. The van der Waals surface area contributed by atoms with E-state index in [0.29, 0.717) is 5.75 Å². The van der Waals surface area contributed by atoms with Gasteiger partial charge in [0.15, 0.2) is 0 Å². The average molecular weight is 297 g/mol.